The summed E-state index contributed by atoms with van der Waals surface area (Å²) in [5, 5.41) is 4.73. The molecule has 2 aliphatic heterocycles. The highest BCUT2D eigenvalue weighted by atomic mass is 32.1. The van der Waals surface area contributed by atoms with E-state index < -0.39 is 0 Å². The predicted molar refractivity (Wildman–Crippen MR) is 116 cm³/mol. The minimum atomic E-state index is 0.622. The second-order valence-corrected chi connectivity index (χ2v) is 9.60. The number of rotatable bonds is 7. The molecule has 1 aromatic heterocycles. The van der Waals surface area contributed by atoms with Gasteiger partial charge in [-0.05, 0) is 56.4 Å². The van der Waals surface area contributed by atoms with Crippen molar-refractivity contribution < 1.29 is 0 Å². The molecule has 2 fully saturated rings. The lowest BCUT2D eigenvalue weighted by atomic mass is 9.86. The lowest BCUT2D eigenvalue weighted by Crippen LogP contribution is -2.48. The summed E-state index contributed by atoms with van der Waals surface area (Å²) in [6, 6.07) is 7.71. The Hall–Kier alpha value is -1.49. The number of hydrogen-bond acceptors (Lipinski definition) is 4. The van der Waals surface area contributed by atoms with Crippen molar-refractivity contribution in [2.75, 3.05) is 26.2 Å². The summed E-state index contributed by atoms with van der Waals surface area (Å²) in [5.74, 6) is 1.28. The van der Waals surface area contributed by atoms with Crippen LogP contribution in [0.3, 0.4) is 0 Å². The fraction of sp³-hybridized carbons (Fsp3) is 0.522. The third-order valence-electron chi connectivity index (χ3n) is 5.99. The molecule has 27 heavy (non-hydrogen) atoms. The van der Waals surface area contributed by atoms with Gasteiger partial charge in [0.2, 0.25) is 0 Å². The van der Waals surface area contributed by atoms with Crippen LogP contribution in [-0.4, -0.2) is 42.1 Å². The second-order valence-electron chi connectivity index (χ2n) is 8.53. The van der Waals surface area contributed by atoms with E-state index in [0.29, 0.717) is 17.9 Å². The van der Waals surface area contributed by atoms with Gasteiger partial charge in [0.25, 0.3) is 0 Å². The summed E-state index contributed by atoms with van der Waals surface area (Å²) in [6.07, 6.45) is 4.26. The first-order valence-electron chi connectivity index (χ1n) is 10.2. The van der Waals surface area contributed by atoms with Crippen LogP contribution in [0.4, 0.5) is 0 Å². The Kier molecular flexibility index (Phi) is 5.49. The molecule has 0 unspecified atom stereocenters. The smallest absolute Gasteiger partial charge is 0.0987 e. The molecule has 2 aliphatic rings. The highest BCUT2D eigenvalue weighted by Crippen LogP contribution is 2.37. The van der Waals surface area contributed by atoms with Gasteiger partial charge in [-0.3, -0.25) is 4.90 Å². The van der Waals surface area contributed by atoms with E-state index in [9.17, 15) is 0 Å². The van der Waals surface area contributed by atoms with Crippen LogP contribution in [0.2, 0.25) is 0 Å². The molecule has 1 N–H and O–H groups in total. The molecule has 2 aromatic rings. The van der Waals surface area contributed by atoms with Gasteiger partial charge < -0.3 is 5.32 Å². The van der Waals surface area contributed by atoms with Crippen molar-refractivity contribution in [1.29, 1.82) is 0 Å². The average molecular weight is 382 g/mol. The zero-order chi connectivity index (χ0) is 19.0. The van der Waals surface area contributed by atoms with Crippen molar-refractivity contribution in [3.63, 3.8) is 0 Å². The summed E-state index contributed by atoms with van der Waals surface area (Å²) in [7, 11) is 0. The molecular formula is C23H31N3S. The fourth-order valence-corrected chi connectivity index (χ4v) is 4.91. The summed E-state index contributed by atoms with van der Waals surface area (Å²) in [5.41, 5.74) is 5.61. The van der Waals surface area contributed by atoms with Crippen molar-refractivity contribution in [3.05, 3.63) is 52.7 Å². The van der Waals surface area contributed by atoms with Gasteiger partial charge in [0, 0.05) is 50.3 Å². The summed E-state index contributed by atoms with van der Waals surface area (Å²) >= 11 is 1.89. The van der Waals surface area contributed by atoms with Gasteiger partial charge in [-0.1, -0.05) is 17.7 Å². The maximum absolute atomic E-state index is 4.77. The number of hydrogen-bond donors (Lipinski definition) is 1. The van der Waals surface area contributed by atoms with Crippen LogP contribution in [0, 0.1) is 0 Å². The number of aromatic nitrogens is 1. The van der Waals surface area contributed by atoms with Crippen LogP contribution in [-0.2, 0) is 6.42 Å². The minimum absolute atomic E-state index is 0.622. The molecule has 0 bridgehead atoms. The van der Waals surface area contributed by atoms with Crippen molar-refractivity contribution in [1.82, 2.24) is 15.2 Å². The van der Waals surface area contributed by atoms with Crippen LogP contribution in [0.15, 0.2) is 36.5 Å². The summed E-state index contributed by atoms with van der Waals surface area (Å²) < 4.78 is 0. The number of nitrogens with one attached hydrogen (secondary N) is 1. The third kappa shape index (κ3) is 4.03. The maximum Gasteiger partial charge on any atom is 0.0987 e. The third-order valence-corrected chi connectivity index (χ3v) is 7.19. The number of thiazole rings is 1. The molecule has 4 rings (SSSR count). The van der Waals surface area contributed by atoms with Crippen LogP contribution >= 0.6 is 11.3 Å². The zero-order valence-corrected chi connectivity index (χ0v) is 17.6. The van der Waals surface area contributed by atoms with E-state index in [-0.39, 0.29) is 0 Å². The molecule has 4 heteroatoms. The first-order chi connectivity index (χ1) is 13.0. The quantitative estimate of drug-likeness (QED) is 0.698. The molecule has 0 amide bonds. The fourth-order valence-electron chi connectivity index (χ4n) is 3.91. The maximum atomic E-state index is 4.77. The van der Waals surface area contributed by atoms with Gasteiger partial charge >= 0.3 is 0 Å². The Morgan fingerprint density at radius 1 is 1.30 bits per heavy atom. The van der Waals surface area contributed by atoms with Gasteiger partial charge in [-0.25, -0.2) is 4.98 Å². The van der Waals surface area contributed by atoms with Crippen LogP contribution < -0.4 is 5.32 Å². The normalized spacial score (nSPS) is 18.5. The SMILES string of the molecule is C=C(C)CCc1ccc(-c2cnc(C3CN(C(C)C)C3)s2)cc1C1CNC1. The van der Waals surface area contributed by atoms with Gasteiger partial charge in [0.05, 0.1) is 9.88 Å². The molecule has 3 nitrogen and oxygen atoms in total. The van der Waals surface area contributed by atoms with Gasteiger partial charge in [-0.15, -0.1) is 17.9 Å². The van der Waals surface area contributed by atoms with E-state index >= 15 is 0 Å². The number of likely N-dealkylation sites (tertiary alicyclic amines) is 1. The van der Waals surface area contributed by atoms with Gasteiger partial charge in [0.15, 0.2) is 0 Å². The lowest BCUT2D eigenvalue weighted by Gasteiger charge is -2.41. The van der Waals surface area contributed by atoms with E-state index in [1.165, 1.54) is 32.1 Å². The minimum Gasteiger partial charge on any atom is -0.315 e. The van der Waals surface area contributed by atoms with Crippen LogP contribution in [0.5, 0.6) is 0 Å². The molecule has 0 spiro atoms. The molecule has 0 saturated carbocycles. The first kappa shape index (κ1) is 18.9. The van der Waals surface area contributed by atoms with Crippen molar-refractivity contribution in [2.45, 2.75) is 51.5 Å². The molecule has 0 aliphatic carbocycles. The number of nitrogens with zero attached hydrogens (tertiary/aromatic N) is 2. The molecule has 144 valence electrons. The Labute approximate surface area is 167 Å². The predicted octanol–water partition coefficient (Wildman–Crippen LogP) is 4.81. The number of benzene rings is 1. The molecular weight excluding hydrogens is 350 g/mol. The van der Waals surface area contributed by atoms with E-state index in [4.69, 9.17) is 4.98 Å². The highest BCUT2D eigenvalue weighted by Gasteiger charge is 2.32. The standard InChI is InChI=1S/C23H31N3S/c1-15(2)5-6-17-7-8-18(9-21(17)19-10-24-11-19)22-12-25-23(27-22)20-13-26(14-20)16(3)4/h7-9,12,16,19-20,24H,1,5-6,10-11,13-14H2,2-4H3. The van der Waals surface area contributed by atoms with Crippen molar-refractivity contribution in [2.24, 2.45) is 0 Å². The van der Waals surface area contributed by atoms with E-state index in [1.807, 2.05) is 11.3 Å². The molecule has 0 atom stereocenters. The lowest BCUT2D eigenvalue weighted by molar-refractivity contribution is 0.110. The van der Waals surface area contributed by atoms with Crippen molar-refractivity contribution in [3.8, 4) is 10.4 Å². The van der Waals surface area contributed by atoms with E-state index in [0.717, 1.165) is 39.0 Å². The summed E-state index contributed by atoms with van der Waals surface area (Å²) in [4.78, 5) is 8.60. The number of aryl methyl sites for hydroxylation is 1. The van der Waals surface area contributed by atoms with Crippen LogP contribution in [0.25, 0.3) is 10.4 Å². The second kappa shape index (κ2) is 7.86. The zero-order valence-electron chi connectivity index (χ0n) is 16.8. The summed E-state index contributed by atoms with van der Waals surface area (Å²) in [6.45, 7) is 15.3. The largest absolute Gasteiger partial charge is 0.315 e. The van der Waals surface area contributed by atoms with Crippen LogP contribution in [0.1, 0.15) is 55.2 Å². The van der Waals surface area contributed by atoms with E-state index in [2.05, 4.69) is 62.0 Å². The average Bonchev–Trinajstić information content (AvgIpc) is 2.99. The van der Waals surface area contributed by atoms with E-state index in [1.54, 1.807) is 0 Å². The Bertz CT molecular complexity index is 813. The molecule has 1 aromatic carbocycles. The highest BCUT2D eigenvalue weighted by molar-refractivity contribution is 7.15. The Balaban J connectivity index is 1.53. The molecule has 3 heterocycles. The van der Waals surface area contributed by atoms with Gasteiger partial charge in [0.1, 0.15) is 0 Å². The molecule has 2 saturated heterocycles. The topological polar surface area (TPSA) is 28.2 Å². The van der Waals surface area contributed by atoms with Crippen molar-refractivity contribution >= 4 is 11.3 Å². The Morgan fingerprint density at radius 3 is 2.70 bits per heavy atom. The first-order valence-corrected chi connectivity index (χ1v) is 11.0. The Morgan fingerprint density at radius 2 is 2.07 bits per heavy atom. The molecule has 0 radical (unpaired) electrons. The number of allylic oxidation sites excluding steroid dienone is 1. The monoisotopic (exact) mass is 381 g/mol. The van der Waals surface area contributed by atoms with Gasteiger partial charge in [-0.2, -0.15) is 0 Å².